The third-order valence-corrected chi connectivity index (χ3v) is 7.80. The Labute approximate surface area is 228 Å². The van der Waals surface area contributed by atoms with Gasteiger partial charge in [0.15, 0.2) is 5.78 Å². The standard InChI is InChI=1S/C30H32N4O3S/c1-4-26-20-33-30(38-26)18-29(36)21(2)22-7-5-8-23(15-22)24-16-27(31-3)28(32-19-24)17-25(35)9-6-10-34-11-13-37-14-12-34/h5-9,15-16,19-21H,4,10-14,17-18H2,1-2H3/b9-6+/t21-/m0/s1. The number of pyridine rings is 1. The fourth-order valence-electron chi connectivity index (χ4n) is 4.28. The first-order valence-electron chi connectivity index (χ1n) is 12.9. The molecule has 4 rings (SSSR count). The lowest BCUT2D eigenvalue weighted by atomic mass is 9.92. The first-order chi connectivity index (χ1) is 18.5. The van der Waals surface area contributed by atoms with E-state index in [1.807, 2.05) is 43.5 Å². The molecule has 38 heavy (non-hydrogen) atoms. The van der Waals surface area contributed by atoms with Gasteiger partial charge in [-0.3, -0.25) is 19.5 Å². The molecule has 1 aliphatic heterocycles. The van der Waals surface area contributed by atoms with Crippen LogP contribution in [0.25, 0.3) is 16.0 Å². The van der Waals surface area contributed by atoms with E-state index >= 15 is 0 Å². The molecule has 3 aromatic rings. The minimum absolute atomic E-state index is 0.0796. The molecule has 1 aromatic carbocycles. The van der Waals surface area contributed by atoms with E-state index in [1.54, 1.807) is 29.7 Å². The highest BCUT2D eigenvalue weighted by molar-refractivity contribution is 7.11. The lowest BCUT2D eigenvalue weighted by Crippen LogP contribution is -2.36. The van der Waals surface area contributed by atoms with Gasteiger partial charge in [0.25, 0.3) is 0 Å². The monoisotopic (exact) mass is 528 g/mol. The Balaban J connectivity index is 1.42. The zero-order chi connectivity index (χ0) is 26.9. The second-order valence-electron chi connectivity index (χ2n) is 9.32. The molecule has 1 saturated heterocycles. The third-order valence-electron chi connectivity index (χ3n) is 6.66. The maximum atomic E-state index is 12.9. The summed E-state index contributed by atoms with van der Waals surface area (Å²) in [6, 6.07) is 9.56. The van der Waals surface area contributed by atoms with Crippen LogP contribution in [-0.2, 0) is 33.6 Å². The zero-order valence-electron chi connectivity index (χ0n) is 21.9. The van der Waals surface area contributed by atoms with Crippen LogP contribution in [0.1, 0.15) is 40.9 Å². The number of morpholine rings is 1. The number of rotatable bonds is 11. The Bertz CT molecular complexity index is 1350. The highest BCUT2D eigenvalue weighted by Gasteiger charge is 2.18. The zero-order valence-corrected chi connectivity index (χ0v) is 22.7. The van der Waals surface area contributed by atoms with E-state index in [0.717, 1.165) is 54.4 Å². The van der Waals surface area contributed by atoms with E-state index in [2.05, 4.69) is 26.6 Å². The highest BCUT2D eigenvalue weighted by atomic mass is 32.1. The molecule has 196 valence electrons. The number of nitrogens with zero attached hydrogens (tertiary/aromatic N) is 4. The maximum absolute atomic E-state index is 12.9. The van der Waals surface area contributed by atoms with Crippen molar-refractivity contribution >= 4 is 28.6 Å². The van der Waals surface area contributed by atoms with Gasteiger partial charge in [-0.2, -0.15) is 0 Å². The average Bonchev–Trinajstić information content (AvgIpc) is 3.41. The smallest absolute Gasteiger partial charge is 0.209 e. The summed E-state index contributed by atoms with van der Waals surface area (Å²) in [6.45, 7) is 15.5. The van der Waals surface area contributed by atoms with Crippen molar-refractivity contribution in [3.8, 4) is 11.1 Å². The molecule has 3 heterocycles. The van der Waals surface area contributed by atoms with Gasteiger partial charge in [-0.05, 0) is 35.3 Å². The number of hydrogen-bond acceptors (Lipinski definition) is 7. The summed E-state index contributed by atoms with van der Waals surface area (Å²) in [6.07, 6.45) is 8.31. The summed E-state index contributed by atoms with van der Waals surface area (Å²) in [7, 11) is 0. The van der Waals surface area contributed by atoms with Crippen LogP contribution in [0, 0.1) is 6.57 Å². The number of thiazole rings is 1. The molecule has 0 radical (unpaired) electrons. The number of aromatic nitrogens is 2. The number of Topliss-reactive ketones (excluding diaryl/α,β-unsaturated/α-hetero) is 1. The van der Waals surface area contributed by atoms with E-state index in [9.17, 15) is 9.59 Å². The van der Waals surface area contributed by atoms with Crippen LogP contribution in [0.5, 0.6) is 0 Å². The van der Waals surface area contributed by atoms with Crippen molar-refractivity contribution in [3.05, 3.63) is 87.4 Å². The van der Waals surface area contributed by atoms with E-state index in [0.29, 0.717) is 24.3 Å². The van der Waals surface area contributed by atoms with Crippen molar-refractivity contribution in [2.45, 2.75) is 39.0 Å². The summed E-state index contributed by atoms with van der Waals surface area (Å²) >= 11 is 1.59. The SMILES string of the molecule is [C-]#[N+]c1cc(-c2cccc([C@H](C)C(=O)Cc3ncc(CC)s3)c2)cnc1CC(=O)/C=C/CN1CCOCC1. The molecule has 2 aromatic heterocycles. The number of ether oxygens (including phenoxy) is 1. The van der Waals surface area contributed by atoms with Gasteiger partial charge >= 0.3 is 0 Å². The van der Waals surface area contributed by atoms with E-state index < -0.39 is 0 Å². The molecule has 1 aliphatic rings. The van der Waals surface area contributed by atoms with Gasteiger partial charge in [-0.1, -0.05) is 44.2 Å². The minimum atomic E-state index is -0.279. The van der Waals surface area contributed by atoms with Crippen LogP contribution in [-0.4, -0.2) is 59.3 Å². The number of hydrogen-bond donors (Lipinski definition) is 0. The second kappa shape index (κ2) is 13.3. The molecule has 0 unspecified atom stereocenters. The Morgan fingerprint density at radius 2 is 1.97 bits per heavy atom. The van der Waals surface area contributed by atoms with Crippen LogP contribution in [0.4, 0.5) is 5.69 Å². The maximum Gasteiger partial charge on any atom is 0.209 e. The highest BCUT2D eigenvalue weighted by Crippen LogP contribution is 2.29. The number of carbonyl (C=O) groups excluding carboxylic acids is 2. The Morgan fingerprint density at radius 1 is 1.16 bits per heavy atom. The van der Waals surface area contributed by atoms with Gasteiger partial charge in [-0.25, -0.2) is 9.83 Å². The van der Waals surface area contributed by atoms with Crippen LogP contribution in [0.15, 0.2) is 54.9 Å². The molecule has 0 saturated carbocycles. The third kappa shape index (κ3) is 7.29. The number of carbonyl (C=O) groups is 2. The molecule has 0 N–H and O–H groups in total. The van der Waals surface area contributed by atoms with Crippen LogP contribution >= 0.6 is 11.3 Å². The Kier molecular flexibility index (Phi) is 9.66. The first-order valence-corrected chi connectivity index (χ1v) is 13.7. The molecule has 0 aliphatic carbocycles. The van der Waals surface area contributed by atoms with Crippen molar-refractivity contribution in [2.75, 3.05) is 32.8 Å². The predicted octanol–water partition coefficient (Wildman–Crippen LogP) is 5.23. The Hall–Kier alpha value is -3.51. The lowest BCUT2D eigenvalue weighted by Gasteiger charge is -2.25. The normalized spacial score (nSPS) is 14.9. The molecule has 0 bridgehead atoms. The van der Waals surface area contributed by atoms with Crippen molar-refractivity contribution in [1.82, 2.24) is 14.9 Å². The number of allylic oxidation sites excluding steroid dienone is 1. The average molecular weight is 529 g/mol. The summed E-state index contributed by atoms with van der Waals surface area (Å²) < 4.78 is 5.34. The number of ketones is 2. The van der Waals surface area contributed by atoms with E-state index in [4.69, 9.17) is 11.3 Å². The molecular formula is C30H32N4O3S. The van der Waals surface area contributed by atoms with Crippen molar-refractivity contribution in [1.29, 1.82) is 0 Å². The van der Waals surface area contributed by atoms with Gasteiger partial charge < -0.3 is 4.74 Å². The number of benzene rings is 1. The molecule has 8 heteroatoms. The van der Waals surface area contributed by atoms with Gasteiger partial charge in [0, 0.05) is 49.2 Å². The van der Waals surface area contributed by atoms with E-state index in [-0.39, 0.29) is 23.9 Å². The van der Waals surface area contributed by atoms with Crippen molar-refractivity contribution < 1.29 is 14.3 Å². The molecule has 0 spiro atoms. The quantitative estimate of drug-likeness (QED) is 0.250. The van der Waals surface area contributed by atoms with Crippen LogP contribution in [0.2, 0.25) is 0 Å². The molecular weight excluding hydrogens is 496 g/mol. The molecule has 1 fully saturated rings. The summed E-state index contributed by atoms with van der Waals surface area (Å²) in [5.41, 5.74) is 3.41. The van der Waals surface area contributed by atoms with Crippen LogP contribution < -0.4 is 0 Å². The molecule has 0 amide bonds. The largest absolute Gasteiger partial charge is 0.379 e. The van der Waals surface area contributed by atoms with Crippen molar-refractivity contribution in [3.63, 3.8) is 0 Å². The van der Waals surface area contributed by atoms with Gasteiger partial charge in [0.05, 0.1) is 31.9 Å². The minimum Gasteiger partial charge on any atom is -0.379 e. The van der Waals surface area contributed by atoms with Gasteiger partial charge in [0.1, 0.15) is 10.8 Å². The van der Waals surface area contributed by atoms with Gasteiger partial charge in [-0.15, -0.1) is 11.3 Å². The second-order valence-corrected chi connectivity index (χ2v) is 10.5. The lowest BCUT2D eigenvalue weighted by molar-refractivity contribution is -0.119. The van der Waals surface area contributed by atoms with Crippen molar-refractivity contribution in [2.24, 2.45) is 0 Å². The van der Waals surface area contributed by atoms with Gasteiger partial charge in [0.2, 0.25) is 5.69 Å². The summed E-state index contributed by atoms with van der Waals surface area (Å²) in [5, 5.41) is 0.849. The number of aryl methyl sites for hydroxylation is 1. The predicted molar refractivity (Wildman–Crippen MR) is 150 cm³/mol. The fourth-order valence-corrected chi connectivity index (χ4v) is 5.15. The summed E-state index contributed by atoms with van der Waals surface area (Å²) in [5.74, 6) is -0.239. The Morgan fingerprint density at radius 3 is 2.71 bits per heavy atom. The van der Waals surface area contributed by atoms with Crippen LogP contribution in [0.3, 0.4) is 0 Å². The topological polar surface area (TPSA) is 76.8 Å². The molecule has 1 atom stereocenters. The fraction of sp³-hybridized carbons (Fsp3) is 0.367. The van der Waals surface area contributed by atoms with E-state index in [1.165, 1.54) is 4.88 Å². The first kappa shape index (κ1) is 27.5. The molecule has 7 nitrogen and oxygen atoms in total. The summed E-state index contributed by atoms with van der Waals surface area (Å²) in [4.78, 5) is 41.3.